The number of fused-ring (bicyclic) bond motifs is 1. The number of aryl methyl sites for hydroxylation is 1. The summed E-state index contributed by atoms with van der Waals surface area (Å²) in [5, 5.41) is 15.3. The van der Waals surface area contributed by atoms with Gasteiger partial charge < -0.3 is 10.1 Å². The monoisotopic (exact) mass is 384 g/mol. The molecule has 0 unspecified atom stereocenters. The second kappa shape index (κ2) is 8.79. The molecule has 8 heteroatoms. The number of rotatable bonds is 6. The van der Waals surface area contributed by atoms with Gasteiger partial charge in [-0.3, -0.25) is 14.4 Å². The van der Waals surface area contributed by atoms with Gasteiger partial charge in [-0.2, -0.15) is 15.3 Å². The minimum absolute atomic E-state index is 0.0749. The summed E-state index contributed by atoms with van der Waals surface area (Å²) in [4.78, 5) is 14.6. The average Bonchev–Trinajstić information content (AvgIpc) is 3.11. The molecule has 0 spiro atoms. The van der Waals surface area contributed by atoms with Crippen molar-refractivity contribution in [2.75, 3.05) is 26.2 Å². The number of piperidine rings is 1. The average molecular weight is 384 g/mol. The molecule has 4 heterocycles. The van der Waals surface area contributed by atoms with E-state index in [1.165, 1.54) is 29.3 Å². The summed E-state index contributed by atoms with van der Waals surface area (Å²) in [5.74, 6) is 0.439. The fourth-order valence-corrected chi connectivity index (χ4v) is 4.09. The number of nitrogens with one attached hydrogen (secondary N) is 1. The second-order valence-electron chi connectivity index (χ2n) is 7.55. The summed E-state index contributed by atoms with van der Waals surface area (Å²) in [5.41, 5.74) is 4.39. The van der Waals surface area contributed by atoms with E-state index in [1.54, 1.807) is 6.07 Å². The maximum Gasteiger partial charge on any atom is 0.252 e. The van der Waals surface area contributed by atoms with Crippen molar-refractivity contribution in [1.29, 1.82) is 0 Å². The molecule has 2 aliphatic rings. The van der Waals surface area contributed by atoms with Gasteiger partial charge in [0, 0.05) is 37.3 Å². The zero-order valence-corrected chi connectivity index (χ0v) is 16.4. The molecule has 0 bridgehead atoms. The van der Waals surface area contributed by atoms with Crippen molar-refractivity contribution >= 4 is 5.91 Å². The quantitative estimate of drug-likeness (QED) is 0.811. The summed E-state index contributed by atoms with van der Waals surface area (Å²) in [7, 11) is 0. The maximum atomic E-state index is 12.1. The molecular weight excluding hydrogens is 356 g/mol. The zero-order chi connectivity index (χ0) is 19.3. The lowest BCUT2D eigenvalue weighted by Gasteiger charge is -2.31. The fourth-order valence-electron chi connectivity index (χ4n) is 4.09. The highest BCUT2D eigenvalue weighted by Gasteiger charge is 2.25. The predicted molar refractivity (Wildman–Crippen MR) is 104 cm³/mol. The second-order valence-corrected chi connectivity index (χ2v) is 7.55. The molecule has 0 radical (unpaired) electrons. The first-order valence-corrected chi connectivity index (χ1v) is 10.2. The van der Waals surface area contributed by atoms with Crippen LogP contribution in [0.25, 0.3) is 0 Å². The van der Waals surface area contributed by atoms with E-state index < -0.39 is 0 Å². The van der Waals surface area contributed by atoms with E-state index in [0.717, 1.165) is 52.0 Å². The molecule has 0 aromatic carbocycles. The molecular formula is C20H28N6O2. The minimum Gasteiger partial charge on any atom is -0.376 e. The standard InChI is InChI=1S/C20H28N6O2/c1-2-26-19-6-10-28-14-17(19)18(24-26)13-25-8-4-15(5-9-25)11-21-20(27)16-3-7-22-23-12-16/h3,7,12,15H,2,4-6,8-11,13-14H2,1H3,(H,21,27). The van der Waals surface area contributed by atoms with Gasteiger partial charge in [-0.15, -0.1) is 0 Å². The lowest BCUT2D eigenvalue weighted by atomic mass is 9.96. The van der Waals surface area contributed by atoms with Crippen LogP contribution in [0.3, 0.4) is 0 Å². The van der Waals surface area contributed by atoms with Crippen molar-refractivity contribution in [3.8, 4) is 0 Å². The lowest BCUT2D eigenvalue weighted by molar-refractivity contribution is 0.0933. The third-order valence-corrected chi connectivity index (χ3v) is 5.76. The van der Waals surface area contributed by atoms with Crippen molar-refractivity contribution in [3.05, 3.63) is 41.0 Å². The molecule has 28 heavy (non-hydrogen) atoms. The van der Waals surface area contributed by atoms with Gasteiger partial charge >= 0.3 is 0 Å². The Morgan fingerprint density at radius 1 is 1.32 bits per heavy atom. The van der Waals surface area contributed by atoms with Gasteiger partial charge in [0.25, 0.3) is 5.91 Å². The molecule has 2 aromatic heterocycles. The van der Waals surface area contributed by atoms with Crippen molar-refractivity contribution in [2.45, 2.75) is 45.9 Å². The number of hydrogen-bond acceptors (Lipinski definition) is 6. The number of carbonyl (C=O) groups excluding carboxylic acids is 1. The topological polar surface area (TPSA) is 85.2 Å². The van der Waals surface area contributed by atoms with Gasteiger partial charge in [-0.25, -0.2) is 0 Å². The summed E-state index contributed by atoms with van der Waals surface area (Å²) in [6.07, 6.45) is 6.17. The van der Waals surface area contributed by atoms with Gasteiger partial charge in [-0.05, 0) is 44.8 Å². The summed E-state index contributed by atoms with van der Waals surface area (Å²) in [6.45, 7) is 8.22. The highest BCUT2D eigenvalue weighted by atomic mass is 16.5. The molecule has 2 aliphatic heterocycles. The van der Waals surface area contributed by atoms with Crippen molar-refractivity contribution in [1.82, 2.24) is 30.2 Å². The Kier molecular flexibility index (Phi) is 5.97. The van der Waals surface area contributed by atoms with Crippen LogP contribution in [0.4, 0.5) is 0 Å². The summed E-state index contributed by atoms with van der Waals surface area (Å²) >= 11 is 0. The van der Waals surface area contributed by atoms with E-state index in [2.05, 4.69) is 32.0 Å². The van der Waals surface area contributed by atoms with Gasteiger partial charge in [0.1, 0.15) is 0 Å². The van der Waals surface area contributed by atoms with Gasteiger partial charge in [0.2, 0.25) is 0 Å². The Morgan fingerprint density at radius 2 is 2.18 bits per heavy atom. The van der Waals surface area contributed by atoms with Crippen LogP contribution in [-0.4, -0.2) is 57.0 Å². The molecule has 0 aliphatic carbocycles. The summed E-state index contributed by atoms with van der Waals surface area (Å²) < 4.78 is 7.81. The van der Waals surface area contributed by atoms with Gasteiger partial charge in [-0.1, -0.05) is 0 Å². The van der Waals surface area contributed by atoms with Crippen LogP contribution in [0.2, 0.25) is 0 Å². The van der Waals surface area contributed by atoms with E-state index in [9.17, 15) is 4.79 Å². The molecule has 0 atom stereocenters. The van der Waals surface area contributed by atoms with Crippen molar-refractivity contribution < 1.29 is 9.53 Å². The lowest BCUT2D eigenvalue weighted by Crippen LogP contribution is -2.38. The Morgan fingerprint density at radius 3 is 2.93 bits per heavy atom. The highest BCUT2D eigenvalue weighted by molar-refractivity contribution is 5.93. The Balaban J connectivity index is 1.27. The zero-order valence-electron chi connectivity index (χ0n) is 16.4. The van der Waals surface area contributed by atoms with Crippen LogP contribution in [0.5, 0.6) is 0 Å². The maximum absolute atomic E-state index is 12.1. The number of hydrogen-bond donors (Lipinski definition) is 1. The molecule has 4 rings (SSSR count). The van der Waals surface area contributed by atoms with Crippen molar-refractivity contribution in [3.63, 3.8) is 0 Å². The molecule has 1 amide bonds. The minimum atomic E-state index is -0.0749. The Bertz CT molecular complexity index is 799. The number of nitrogens with zero attached hydrogens (tertiary/aromatic N) is 5. The van der Waals surface area contributed by atoms with Gasteiger partial charge in [0.15, 0.2) is 0 Å². The third-order valence-electron chi connectivity index (χ3n) is 5.76. The fraction of sp³-hybridized carbons (Fsp3) is 0.600. The first kappa shape index (κ1) is 19.0. The molecule has 1 fully saturated rings. The van der Waals surface area contributed by atoms with E-state index in [-0.39, 0.29) is 5.91 Å². The van der Waals surface area contributed by atoms with Crippen LogP contribution < -0.4 is 5.32 Å². The third kappa shape index (κ3) is 4.23. The van der Waals surface area contributed by atoms with E-state index >= 15 is 0 Å². The number of amides is 1. The smallest absolute Gasteiger partial charge is 0.252 e. The van der Waals surface area contributed by atoms with Crippen molar-refractivity contribution in [2.24, 2.45) is 5.92 Å². The molecule has 2 aromatic rings. The van der Waals surface area contributed by atoms with Crippen LogP contribution >= 0.6 is 0 Å². The van der Waals surface area contributed by atoms with Crippen LogP contribution in [0, 0.1) is 5.92 Å². The Labute approximate surface area is 165 Å². The Hall–Kier alpha value is -2.32. The number of ether oxygens (including phenoxy) is 1. The number of aromatic nitrogens is 4. The molecule has 150 valence electrons. The van der Waals surface area contributed by atoms with Gasteiger partial charge in [0.05, 0.1) is 36.9 Å². The molecule has 1 N–H and O–H groups in total. The molecule has 1 saturated heterocycles. The molecule has 0 saturated carbocycles. The van der Waals surface area contributed by atoms with E-state index in [4.69, 9.17) is 9.84 Å². The van der Waals surface area contributed by atoms with Crippen LogP contribution in [0.15, 0.2) is 18.5 Å². The normalized spacial score (nSPS) is 18.0. The number of likely N-dealkylation sites (tertiary alicyclic amines) is 1. The largest absolute Gasteiger partial charge is 0.376 e. The van der Waals surface area contributed by atoms with E-state index in [1.807, 2.05) is 0 Å². The highest BCUT2D eigenvalue weighted by Crippen LogP contribution is 2.24. The molecule has 8 nitrogen and oxygen atoms in total. The SMILES string of the molecule is CCn1nc(CN2CCC(CNC(=O)c3ccnnc3)CC2)c2c1CCOC2. The first-order chi connectivity index (χ1) is 13.7. The summed E-state index contributed by atoms with van der Waals surface area (Å²) in [6, 6.07) is 1.69. The van der Waals surface area contributed by atoms with E-state index in [0.29, 0.717) is 24.6 Å². The first-order valence-electron chi connectivity index (χ1n) is 10.2. The van der Waals surface area contributed by atoms with Crippen LogP contribution in [-0.2, 0) is 30.9 Å². The predicted octanol–water partition coefficient (Wildman–Crippen LogP) is 1.41. The van der Waals surface area contributed by atoms with Crippen LogP contribution in [0.1, 0.15) is 47.1 Å². The number of carbonyl (C=O) groups is 1.